The fraction of sp³-hybridized carbons (Fsp3) is 0.240. The lowest BCUT2D eigenvalue weighted by Gasteiger charge is -2.20. The molecule has 0 radical (unpaired) electrons. The van der Waals surface area contributed by atoms with Crippen LogP contribution in [0.1, 0.15) is 34.5 Å². The Labute approximate surface area is 200 Å². The molecule has 0 saturated carbocycles. The molecule has 8 heteroatoms. The fourth-order valence-corrected chi connectivity index (χ4v) is 5.11. The highest BCUT2D eigenvalue weighted by molar-refractivity contribution is 7.98. The summed E-state index contributed by atoms with van der Waals surface area (Å²) in [6, 6.07) is 21.5. The molecule has 1 amide bonds. The lowest BCUT2D eigenvalue weighted by molar-refractivity contribution is 0.0939. The molecule has 0 aliphatic carbocycles. The maximum absolute atomic E-state index is 13.3. The van der Waals surface area contributed by atoms with Gasteiger partial charge >= 0.3 is 0 Å². The number of carbonyl (C=O) groups is 1. The molecule has 0 spiro atoms. The minimum absolute atomic E-state index is 0.0481. The second-order valence-corrected chi connectivity index (χ2v) is 10.5. The average molecular weight is 485 g/mol. The Balaban J connectivity index is 1.83. The first-order chi connectivity index (χ1) is 15.8. The lowest BCUT2D eigenvalue weighted by Crippen LogP contribution is -2.29. The van der Waals surface area contributed by atoms with Crippen LogP contribution in [-0.2, 0) is 16.6 Å². The van der Waals surface area contributed by atoms with Gasteiger partial charge in [0.15, 0.2) is 0 Å². The molecular formula is C25H28N2O4S2. The van der Waals surface area contributed by atoms with Crippen molar-refractivity contribution in [3.05, 3.63) is 89.5 Å². The summed E-state index contributed by atoms with van der Waals surface area (Å²) in [5.41, 5.74) is 2.07. The Morgan fingerprint density at radius 2 is 1.73 bits per heavy atom. The predicted octanol–water partition coefficient (Wildman–Crippen LogP) is 4.73. The van der Waals surface area contributed by atoms with Crippen LogP contribution in [0.3, 0.4) is 0 Å². The van der Waals surface area contributed by atoms with Gasteiger partial charge in [-0.15, -0.1) is 11.8 Å². The van der Waals surface area contributed by atoms with Gasteiger partial charge in [0, 0.05) is 24.1 Å². The zero-order chi connectivity index (χ0) is 24.0. The largest absolute Gasteiger partial charge is 0.495 e. The van der Waals surface area contributed by atoms with Crippen LogP contribution in [0.2, 0.25) is 0 Å². The first-order valence-corrected chi connectivity index (χ1v) is 13.1. The molecule has 0 aliphatic rings. The number of hydrogen-bond acceptors (Lipinski definition) is 5. The molecule has 174 valence electrons. The highest BCUT2D eigenvalue weighted by Crippen LogP contribution is 2.28. The van der Waals surface area contributed by atoms with Gasteiger partial charge in [0.25, 0.3) is 5.91 Å². The minimum Gasteiger partial charge on any atom is -0.495 e. The third kappa shape index (κ3) is 5.96. The van der Waals surface area contributed by atoms with E-state index < -0.39 is 10.0 Å². The van der Waals surface area contributed by atoms with E-state index in [-0.39, 0.29) is 34.7 Å². The zero-order valence-electron chi connectivity index (χ0n) is 19.1. The van der Waals surface area contributed by atoms with Crippen LogP contribution in [0.25, 0.3) is 0 Å². The number of thioether (sulfide) groups is 1. The average Bonchev–Trinajstić information content (AvgIpc) is 2.84. The molecule has 1 N–H and O–H groups in total. The van der Waals surface area contributed by atoms with Gasteiger partial charge in [-0.1, -0.05) is 42.5 Å². The number of carbonyl (C=O) groups excluding carboxylic acids is 1. The molecule has 6 nitrogen and oxygen atoms in total. The molecule has 0 bridgehead atoms. The van der Waals surface area contributed by atoms with Crippen LogP contribution in [0.15, 0.2) is 82.6 Å². The molecule has 3 aromatic rings. The van der Waals surface area contributed by atoms with Gasteiger partial charge in [-0.2, -0.15) is 4.31 Å². The number of nitrogens with one attached hydrogen (secondary N) is 1. The van der Waals surface area contributed by atoms with Crippen molar-refractivity contribution in [3.8, 4) is 5.75 Å². The first kappa shape index (κ1) is 24.8. The van der Waals surface area contributed by atoms with Crippen LogP contribution < -0.4 is 10.1 Å². The van der Waals surface area contributed by atoms with Gasteiger partial charge in [-0.05, 0) is 54.6 Å². The smallest absolute Gasteiger partial charge is 0.251 e. The normalized spacial score (nSPS) is 12.4. The van der Waals surface area contributed by atoms with Crippen molar-refractivity contribution < 1.29 is 17.9 Å². The molecule has 0 aliphatic heterocycles. The maximum Gasteiger partial charge on any atom is 0.251 e. The number of benzene rings is 3. The van der Waals surface area contributed by atoms with Crippen molar-refractivity contribution in [3.63, 3.8) is 0 Å². The first-order valence-electron chi connectivity index (χ1n) is 10.4. The third-order valence-electron chi connectivity index (χ3n) is 5.33. The summed E-state index contributed by atoms with van der Waals surface area (Å²) in [6.45, 7) is 2.09. The van der Waals surface area contributed by atoms with E-state index in [1.807, 2.05) is 67.8 Å². The van der Waals surface area contributed by atoms with E-state index in [9.17, 15) is 13.2 Å². The Morgan fingerprint density at radius 1 is 1.06 bits per heavy atom. The van der Waals surface area contributed by atoms with E-state index in [0.717, 1.165) is 16.0 Å². The van der Waals surface area contributed by atoms with E-state index >= 15 is 0 Å². The van der Waals surface area contributed by atoms with E-state index in [1.54, 1.807) is 17.8 Å². The van der Waals surface area contributed by atoms with E-state index in [2.05, 4.69) is 5.32 Å². The Morgan fingerprint density at radius 3 is 2.33 bits per heavy atom. The summed E-state index contributed by atoms with van der Waals surface area (Å²) >= 11 is 1.65. The third-order valence-corrected chi connectivity index (χ3v) is 7.89. The fourth-order valence-electron chi connectivity index (χ4n) is 3.37. The second kappa shape index (κ2) is 10.9. The summed E-state index contributed by atoms with van der Waals surface area (Å²) < 4.78 is 33.2. The minimum atomic E-state index is -3.90. The summed E-state index contributed by atoms with van der Waals surface area (Å²) in [5, 5.41) is 2.94. The molecule has 1 unspecified atom stereocenters. The predicted molar refractivity (Wildman–Crippen MR) is 132 cm³/mol. The van der Waals surface area contributed by atoms with Crippen LogP contribution in [0.4, 0.5) is 0 Å². The Bertz CT molecular complexity index is 1200. The number of methoxy groups -OCH3 is 1. The summed E-state index contributed by atoms with van der Waals surface area (Å²) in [5.74, 6) is -0.173. The topological polar surface area (TPSA) is 75.7 Å². The lowest BCUT2D eigenvalue weighted by atomic mass is 10.1. The summed E-state index contributed by atoms with van der Waals surface area (Å²) in [4.78, 5) is 14.0. The van der Waals surface area contributed by atoms with Gasteiger partial charge in [0.05, 0.1) is 13.2 Å². The van der Waals surface area contributed by atoms with Gasteiger partial charge < -0.3 is 10.1 Å². The van der Waals surface area contributed by atoms with Crippen LogP contribution >= 0.6 is 11.8 Å². The Kier molecular flexibility index (Phi) is 8.18. The number of ether oxygens (including phenoxy) is 1. The quantitative estimate of drug-likeness (QED) is 0.445. The zero-order valence-corrected chi connectivity index (χ0v) is 20.7. The van der Waals surface area contributed by atoms with E-state index in [0.29, 0.717) is 0 Å². The van der Waals surface area contributed by atoms with Crippen LogP contribution in [0.5, 0.6) is 5.75 Å². The van der Waals surface area contributed by atoms with Gasteiger partial charge in [0.2, 0.25) is 10.0 Å². The molecule has 0 aromatic heterocycles. The van der Waals surface area contributed by atoms with Crippen molar-refractivity contribution >= 4 is 27.7 Å². The molecule has 1 atom stereocenters. The van der Waals surface area contributed by atoms with E-state index in [4.69, 9.17) is 4.74 Å². The highest BCUT2D eigenvalue weighted by Gasteiger charge is 2.26. The Hall–Kier alpha value is -2.81. The number of hydrogen-bond donors (Lipinski definition) is 1. The van der Waals surface area contributed by atoms with Crippen molar-refractivity contribution in [1.82, 2.24) is 9.62 Å². The van der Waals surface area contributed by atoms with Crippen molar-refractivity contribution in [2.45, 2.75) is 29.3 Å². The SMILES string of the molecule is COc1ccc(C(=O)NC(C)c2ccc(SC)cc2)cc1S(=O)(=O)N(C)Cc1ccccc1. The van der Waals surface area contributed by atoms with Gasteiger partial charge in [-0.25, -0.2) is 8.42 Å². The van der Waals surface area contributed by atoms with E-state index in [1.165, 1.54) is 30.6 Å². The van der Waals surface area contributed by atoms with Gasteiger partial charge in [0.1, 0.15) is 10.6 Å². The number of nitrogens with zero attached hydrogens (tertiary/aromatic N) is 1. The monoisotopic (exact) mass is 484 g/mol. The summed E-state index contributed by atoms with van der Waals surface area (Å²) in [6.07, 6.45) is 2.01. The van der Waals surface area contributed by atoms with Crippen LogP contribution in [-0.4, -0.2) is 39.0 Å². The molecular weight excluding hydrogens is 456 g/mol. The summed E-state index contributed by atoms with van der Waals surface area (Å²) in [7, 11) is -0.981. The molecule has 0 heterocycles. The number of rotatable bonds is 9. The molecule has 0 saturated heterocycles. The standard InChI is InChI=1S/C25H28N2O4S2/c1-18(20-10-13-22(32-4)14-11-20)26-25(28)21-12-15-23(31-3)24(16-21)33(29,30)27(2)17-19-8-6-5-7-9-19/h5-16,18H,17H2,1-4H3,(H,26,28). The number of amides is 1. The molecule has 0 fully saturated rings. The molecule has 3 rings (SSSR count). The van der Waals surface area contributed by atoms with Crippen LogP contribution in [0, 0.1) is 0 Å². The van der Waals surface area contributed by atoms with Crippen molar-refractivity contribution in [2.24, 2.45) is 0 Å². The number of sulfonamides is 1. The second-order valence-electron chi connectivity index (χ2n) is 7.58. The maximum atomic E-state index is 13.3. The van der Waals surface area contributed by atoms with Gasteiger partial charge in [-0.3, -0.25) is 4.79 Å². The molecule has 33 heavy (non-hydrogen) atoms. The van der Waals surface area contributed by atoms with Crippen molar-refractivity contribution in [1.29, 1.82) is 0 Å². The molecule has 3 aromatic carbocycles. The highest BCUT2D eigenvalue weighted by atomic mass is 32.2. The van der Waals surface area contributed by atoms with Crippen molar-refractivity contribution in [2.75, 3.05) is 20.4 Å².